The monoisotopic (exact) mass is 547 g/mol. The first-order valence-corrected chi connectivity index (χ1v) is 14.3. The number of para-hydroxylation sites is 1. The molecule has 0 amide bonds. The van der Waals surface area contributed by atoms with Gasteiger partial charge < -0.3 is 9.45 Å². The molecule has 196 valence electrons. The maximum atomic E-state index is 13.1. The summed E-state index contributed by atoms with van der Waals surface area (Å²) < 4.78 is 36.8. The number of benzene rings is 2. The number of thiazole rings is 1. The van der Waals surface area contributed by atoms with Gasteiger partial charge in [0.1, 0.15) is 26.4 Å². The van der Waals surface area contributed by atoms with Gasteiger partial charge in [0.05, 0.1) is 10.6 Å². The summed E-state index contributed by atoms with van der Waals surface area (Å²) in [7, 11) is -0.236. The second kappa shape index (κ2) is 11.3. The molecule has 1 aliphatic heterocycles. The van der Waals surface area contributed by atoms with E-state index in [-0.39, 0.29) is 10.5 Å². The Balaban J connectivity index is 0.000000257. The van der Waals surface area contributed by atoms with Gasteiger partial charge in [-0.3, -0.25) is 9.36 Å². The summed E-state index contributed by atoms with van der Waals surface area (Å²) in [6.07, 6.45) is 8.22. The van der Waals surface area contributed by atoms with E-state index in [0.29, 0.717) is 6.54 Å². The van der Waals surface area contributed by atoms with Crippen LogP contribution in [0, 0.1) is 6.92 Å². The second-order valence-electron chi connectivity index (χ2n) is 8.80. The number of aromatic nitrogens is 2. The average molecular weight is 548 g/mol. The predicted octanol–water partition coefficient (Wildman–Crippen LogP) is 2.75. The van der Waals surface area contributed by atoms with Crippen molar-refractivity contribution in [2.24, 2.45) is 7.05 Å². The fraction of sp³-hybridized carbons (Fsp3) is 0.172. The zero-order chi connectivity index (χ0) is 27.4. The highest BCUT2D eigenvalue weighted by atomic mass is 32.2. The number of fused-ring (bicyclic) bond motifs is 1. The molecule has 0 unspecified atom stereocenters. The number of hydrogen-bond donors (Lipinski definition) is 0. The summed E-state index contributed by atoms with van der Waals surface area (Å²) in [6, 6.07) is 20.1. The number of pyridine rings is 1. The summed E-state index contributed by atoms with van der Waals surface area (Å²) in [5, 5.41) is 0. The van der Waals surface area contributed by atoms with Crippen molar-refractivity contribution in [1.29, 1.82) is 0 Å². The molecule has 0 atom stereocenters. The molecule has 0 saturated carbocycles. The number of nitrogens with zero attached hydrogens (tertiary/aromatic N) is 3. The molecule has 3 heterocycles. The van der Waals surface area contributed by atoms with Gasteiger partial charge in [-0.25, -0.2) is 13.0 Å². The van der Waals surface area contributed by atoms with Crippen LogP contribution in [0.1, 0.15) is 23.7 Å². The first-order valence-electron chi connectivity index (χ1n) is 12.0. The van der Waals surface area contributed by atoms with E-state index < -0.39 is 10.1 Å². The molecule has 2 aromatic carbocycles. The highest BCUT2D eigenvalue weighted by Gasteiger charge is 2.17. The summed E-state index contributed by atoms with van der Waals surface area (Å²) >= 11 is 1.55. The molecule has 7 nitrogen and oxygen atoms in total. The molecule has 0 bridgehead atoms. The molecule has 0 saturated heterocycles. The molecular formula is C29H29N3O4S2. The summed E-state index contributed by atoms with van der Waals surface area (Å²) in [5.41, 5.74) is 5.29. The minimum Gasteiger partial charge on any atom is -0.744 e. The molecule has 9 heteroatoms. The third kappa shape index (κ3) is 5.85. The molecule has 1 aliphatic rings. The Morgan fingerprint density at radius 3 is 2.34 bits per heavy atom. The lowest BCUT2D eigenvalue weighted by Gasteiger charge is -2.25. The van der Waals surface area contributed by atoms with Crippen LogP contribution in [0.15, 0.2) is 88.7 Å². The van der Waals surface area contributed by atoms with Crippen LogP contribution in [-0.2, 0) is 23.7 Å². The third-order valence-corrected chi connectivity index (χ3v) is 8.20. The fourth-order valence-electron chi connectivity index (χ4n) is 4.08. The van der Waals surface area contributed by atoms with Gasteiger partial charge in [-0.2, -0.15) is 0 Å². The van der Waals surface area contributed by atoms with Gasteiger partial charge in [-0.1, -0.05) is 42.0 Å². The van der Waals surface area contributed by atoms with Crippen LogP contribution in [0.4, 0.5) is 5.69 Å². The van der Waals surface area contributed by atoms with Crippen molar-refractivity contribution < 1.29 is 17.5 Å². The number of anilines is 1. The minimum atomic E-state index is -4.27. The van der Waals surface area contributed by atoms with Crippen molar-refractivity contribution >= 4 is 45.0 Å². The molecule has 5 rings (SSSR count). The van der Waals surface area contributed by atoms with E-state index >= 15 is 0 Å². The van der Waals surface area contributed by atoms with E-state index in [9.17, 15) is 17.8 Å². The normalized spacial score (nSPS) is 14.7. The molecule has 0 fully saturated rings. The predicted molar refractivity (Wildman–Crippen MR) is 151 cm³/mol. The first kappa shape index (κ1) is 27.3. The van der Waals surface area contributed by atoms with E-state index in [2.05, 4.69) is 39.8 Å². The fourth-order valence-corrected chi connectivity index (χ4v) is 5.77. The number of likely N-dealkylation sites (N-methyl/N-ethyl adjacent to an activating group) is 1. The second-order valence-corrected chi connectivity index (χ2v) is 11.2. The third-order valence-electron chi connectivity index (χ3n) is 6.22. The largest absolute Gasteiger partial charge is 0.744 e. The SMILES string of the molecule is CCn1c(=Cc2cccc[n+]2C)sc(=C2C=Cc3ccccc3N2C)c1=O.Cc1ccc(S(=O)(=O)[O-])cc1. The standard InChI is InChI=1S/C22H22N3OS.C7H8O3S/c1-4-25-20(15-17-10-7-8-14-23(17)2)27-21(22(25)26)19-13-12-16-9-5-6-11-18(16)24(19)3;1-6-2-4-7(5-3-6)11(8,9)10/h5-15H,4H2,1-3H3;2-5H,1H3,(H,8,9,10)/q+1;/p-1. The molecule has 0 aliphatic carbocycles. The number of hydrogen-bond acceptors (Lipinski definition) is 6. The van der Waals surface area contributed by atoms with Gasteiger partial charge in [0.2, 0.25) is 5.69 Å². The molecule has 38 heavy (non-hydrogen) atoms. The highest BCUT2D eigenvalue weighted by Crippen LogP contribution is 2.29. The molecule has 0 radical (unpaired) electrons. The van der Waals surface area contributed by atoms with E-state index in [1.807, 2.05) is 69.0 Å². The lowest BCUT2D eigenvalue weighted by atomic mass is 10.1. The van der Waals surface area contributed by atoms with Gasteiger partial charge in [-0.05, 0) is 49.8 Å². The van der Waals surface area contributed by atoms with Gasteiger partial charge in [-0.15, -0.1) is 11.3 Å². The van der Waals surface area contributed by atoms with E-state index in [4.69, 9.17) is 0 Å². The maximum absolute atomic E-state index is 13.1. The summed E-state index contributed by atoms with van der Waals surface area (Å²) in [6.45, 7) is 4.48. The lowest BCUT2D eigenvalue weighted by Crippen LogP contribution is -2.35. The Morgan fingerprint density at radius 2 is 1.68 bits per heavy atom. The van der Waals surface area contributed by atoms with Crippen LogP contribution in [0.25, 0.3) is 17.8 Å². The van der Waals surface area contributed by atoms with Crippen molar-refractivity contribution in [3.05, 3.63) is 115 Å². The van der Waals surface area contributed by atoms with Crippen molar-refractivity contribution in [2.75, 3.05) is 11.9 Å². The van der Waals surface area contributed by atoms with Crippen molar-refractivity contribution in [3.63, 3.8) is 0 Å². The zero-order valence-electron chi connectivity index (χ0n) is 21.7. The van der Waals surface area contributed by atoms with Crippen LogP contribution >= 0.6 is 11.3 Å². The summed E-state index contributed by atoms with van der Waals surface area (Å²) in [4.78, 5) is 15.0. The van der Waals surface area contributed by atoms with Crippen molar-refractivity contribution in [2.45, 2.75) is 25.3 Å². The molecule has 2 aromatic heterocycles. The molecule has 4 aromatic rings. The minimum absolute atomic E-state index is 0.0678. The van der Waals surface area contributed by atoms with Gasteiger partial charge >= 0.3 is 0 Å². The Morgan fingerprint density at radius 1 is 1.00 bits per heavy atom. The highest BCUT2D eigenvalue weighted by molar-refractivity contribution is 7.85. The maximum Gasteiger partial charge on any atom is 0.271 e. The van der Waals surface area contributed by atoms with Crippen LogP contribution < -0.4 is 24.2 Å². The number of aryl methyl sites for hydroxylation is 2. The molecular weight excluding hydrogens is 518 g/mol. The molecule has 0 spiro atoms. The van der Waals surface area contributed by atoms with Crippen molar-refractivity contribution in [3.8, 4) is 0 Å². The molecule has 0 N–H and O–H groups in total. The van der Waals surface area contributed by atoms with E-state index in [1.54, 1.807) is 23.5 Å². The van der Waals surface area contributed by atoms with Crippen molar-refractivity contribution in [1.82, 2.24) is 4.57 Å². The first-order chi connectivity index (χ1) is 18.1. The zero-order valence-corrected chi connectivity index (χ0v) is 23.3. The smallest absolute Gasteiger partial charge is 0.271 e. The van der Waals surface area contributed by atoms with Crippen LogP contribution in [0.2, 0.25) is 0 Å². The van der Waals surface area contributed by atoms with Crippen LogP contribution in [0.5, 0.6) is 0 Å². The topological polar surface area (TPSA) is 86.3 Å². The Hall–Kier alpha value is -3.79. The van der Waals surface area contributed by atoms with E-state index in [0.717, 1.165) is 31.8 Å². The quantitative estimate of drug-likeness (QED) is 0.291. The van der Waals surface area contributed by atoms with Gasteiger partial charge in [0, 0.05) is 37.5 Å². The lowest BCUT2D eigenvalue weighted by molar-refractivity contribution is -0.673. The summed E-state index contributed by atoms with van der Waals surface area (Å²) in [5.74, 6) is 0. The van der Waals surface area contributed by atoms with Crippen LogP contribution in [-0.4, -0.2) is 24.6 Å². The van der Waals surface area contributed by atoms with Crippen LogP contribution in [0.3, 0.4) is 0 Å². The van der Waals surface area contributed by atoms with Gasteiger partial charge in [0.15, 0.2) is 6.20 Å². The Labute approximate surface area is 226 Å². The Bertz CT molecular complexity index is 1780. The number of rotatable bonds is 3. The Kier molecular flexibility index (Phi) is 8.11. The van der Waals surface area contributed by atoms with E-state index in [1.165, 1.54) is 17.7 Å². The van der Waals surface area contributed by atoms with Gasteiger partial charge in [0.25, 0.3) is 5.56 Å². The average Bonchev–Trinajstić information content (AvgIpc) is 3.20.